The Morgan fingerprint density at radius 1 is 0.897 bits per heavy atom. The summed E-state index contributed by atoms with van der Waals surface area (Å²) in [4.78, 5) is 26.8. The number of rotatable bonds is 6. The van der Waals surface area contributed by atoms with Gasteiger partial charge in [0, 0.05) is 13.6 Å². The molecule has 8 nitrogen and oxygen atoms in total. The van der Waals surface area contributed by atoms with E-state index in [-0.39, 0.29) is 28.7 Å². The molecule has 154 valence electrons. The van der Waals surface area contributed by atoms with Gasteiger partial charge < -0.3 is 28.6 Å². The fourth-order valence-electron chi connectivity index (χ4n) is 3.26. The van der Waals surface area contributed by atoms with Gasteiger partial charge in [-0.15, -0.1) is 0 Å². The number of hydrogen-bond donors (Lipinski definition) is 0. The molecular weight excluding hydrogens is 378 g/mol. The zero-order chi connectivity index (χ0) is 21.1. The van der Waals surface area contributed by atoms with Crippen molar-refractivity contribution in [3.8, 4) is 28.7 Å². The van der Waals surface area contributed by atoms with E-state index >= 15 is 0 Å². The molecule has 29 heavy (non-hydrogen) atoms. The first-order valence-corrected chi connectivity index (χ1v) is 8.93. The van der Waals surface area contributed by atoms with E-state index in [2.05, 4.69) is 0 Å². The Bertz CT molecular complexity index is 955. The SMILES string of the molecule is COC(=O)c1ccc(OC)c(OC)c1Oc1c(OC)ccc2c1C(=O)N(C)CC2. The summed E-state index contributed by atoms with van der Waals surface area (Å²) in [5.41, 5.74) is 1.35. The van der Waals surface area contributed by atoms with Gasteiger partial charge >= 0.3 is 5.97 Å². The van der Waals surface area contributed by atoms with Crippen LogP contribution in [-0.4, -0.2) is 58.8 Å². The van der Waals surface area contributed by atoms with Crippen molar-refractivity contribution < 1.29 is 33.3 Å². The normalized spacial score (nSPS) is 12.9. The fraction of sp³-hybridized carbons (Fsp3) is 0.333. The molecular formula is C21H23NO7. The third-order valence-electron chi connectivity index (χ3n) is 4.81. The van der Waals surface area contributed by atoms with Crippen LogP contribution in [0, 0.1) is 0 Å². The predicted molar refractivity (Wildman–Crippen MR) is 105 cm³/mol. The summed E-state index contributed by atoms with van der Waals surface area (Å²) >= 11 is 0. The Labute approximate surface area is 168 Å². The second kappa shape index (κ2) is 8.30. The quantitative estimate of drug-likeness (QED) is 0.688. The van der Waals surface area contributed by atoms with Crippen molar-refractivity contribution >= 4 is 11.9 Å². The first kappa shape index (κ1) is 20.3. The average molecular weight is 401 g/mol. The average Bonchev–Trinajstić information content (AvgIpc) is 2.75. The highest BCUT2D eigenvalue weighted by Gasteiger charge is 2.31. The maximum Gasteiger partial charge on any atom is 0.341 e. The summed E-state index contributed by atoms with van der Waals surface area (Å²) in [6.45, 7) is 0.605. The highest BCUT2D eigenvalue weighted by atomic mass is 16.6. The largest absolute Gasteiger partial charge is 0.493 e. The van der Waals surface area contributed by atoms with E-state index < -0.39 is 5.97 Å². The molecule has 0 radical (unpaired) electrons. The Kier molecular flexibility index (Phi) is 5.81. The summed E-state index contributed by atoms with van der Waals surface area (Å²) in [5, 5.41) is 0. The van der Waals surface area contributed by atoms with E-state index in [1.165, 1.54) is 34.5 Å². The Hall–Kier alpha value is -3.42. The third-order valence-corrected chi connectivity index (χ3v) is 4.81. The molecule has 0 fully saturated rings. The molecule has 3 rings (SSSR count). The molecule has 1 amide bonds. The number of amides is 1. The van der Waals surface area contributed by atoms with Gasteiger partial charge in [-0.1, -0.05) is 6.07 Å². The Balaban J connectivity index is 2.25. The number of hydrogen-bond acceptors (Lipinski definition) is 7. The minimum absolute atomic E-state index is 0.0754. The number of esters is 1. The molecule has 1 heterocycles. The highest BCUT2D eigenvalue weighted by molar-refractivity contribution is 6.01. The molecule has 0 spiro atoms. The van der Waals surface area contributed by atoms with Crippen LogP contribution in [0.5, 0.6) is 28.7 Å². The lowest BCUT2D eigenvalue weighted by atomic mass is 9.97. The van der Waals surface area contributed by atoms with Crippen LogP contribution >= 0.6 is 0 Å². The van der Waals surface area contributed by atoms with Gasteiger partial charge in [0.05, 0.1) is 34.0 Å². The molecule has 8 heteroatoms. The summed E-state index contributed by atoms with van der Waals surface area (Å²) in [7, 11) is 7.38. The van der Waals surface area contributed by atoms with E-state index in [9.17, 15) is 9.59 Å². The van der Waals surface area contributed by atoms with E-state index in [0.29, 0.717) is 30.0 Å². The van der Waals surface area contributed by atoms with Gasteiger partial charge in [0.25, 0.3) is 5.91 Å². The van der Waals surface area contributed by atoms with E-state index in [0.717, 1.165) is 5.56 Å². The van der Waals surface area contributed by atoms with E-state index in [4.69, 9.17) is 23.7 Å². The van der Waals surface area contributed by atoms with Crippen LogP contribution in [0.2, 0.25) is 0 Å². The lowest BCUT2D eigenvalue weighted by molar-refractivity contribution is 0.0597. The molecule has 0 atom stereocenters. The van der Waals surface area contributed by atoms with Crippen LogP contribution in [0.15, 0.2) is 24.3 Å². The van der Waals surface area contributed by atoms with Crippen molar-refractivity contribution in [3.63, 3.8) is 0 Å². The number of carbonyl (C=O) groups is 2. The van der Waals surface area contributed by atoms with Crippen molar-refractivity contribution in [1.29, 1.82) is 0 Å². The zero-order valence-electron chi connectivity index (χ0n) is 17.0. The molecule has 0 N–H and O–H groups in total. The van der Waals surface area contributed by atoms with Crippen LogP contribution in [0.3, 0.4) is 0 Å². The molecule has 1 aliphatic heterocycles. The number of ether oxygens (including phenoxy) is 5. The van der Waals surface area contributed by atoms with Crippen LogP contribution in [-0.2, 0) is 11.2 Å². The molecule has 0 saturated carbocycles. The zero-order valence-corrected chi connectivity index (χ0v) is 17.0. The van der Waals surface area contributed by atoms with Crippen molar-refractivity contribution in [3.05, 3.63) is 41.0 Å². The van der Waals surface area contributed by atoms with E-state index in [1.54, 1.807) is 24.1 Å². The van der Waals surface area contributed by atoms with Gasteiger partial charge in [0.15, 0.2) is 23.0 Å². The van der Waals surface area contributed by atoms with Crippen molar-refractivity contribution in [2.75, 3.05) is 42.0 Å². The lowest BCUT2D eigenvalue weighted by Crippen LogP contribution is -2.34. The van der Waals surface area contributed by atoms with Crippen molar-refractivity contribution in [2.24, 2.45) is 0 Å². The summed E-state index contributed by atoms with van der Waals surface area (Å²) in [6.07, 6.45) is 0.678. The Morgan fingerprint density at radius 3 is 2.17 bits per heavy atom. The van der Waals surface area contributed by atoms with Gasteiger partial charge in [0.2, 0.25) is 5.75 Å². The van der Waals surface area contributed by atoms with Crippen LogP contribution in [0.25, 0.3) is 0 Å². The molecule has 0 aliphatic carbocycles. The van der Waals surface area contributed by atoms with Crippen LogP contribution < -0.4 is 18.9 Å². The number of carbonyl (C=O) groups excluding carboxylic acids is 2. The summed E-state index contributed by atoms with van der Waals surface area (Å²) < 4.78 is 27.2. The number of likely N-dealkylation sites (N-methyl/N-ethyl adjacent to an activating group) is 1. The molecule has 2 aromatic carbocycles. The summed E-state index contributed by atoms with van der Waals surface area (Å²) in [5.74, 6) is 0.390. The van der Waals surface area contributed by atoms with Gasteiger partial charge in [-0.2, -0.15) is 0 Å². The summed E-state index contributed by atoms with van der Waals surface area (Å²) in [6, 6.07) is 6.67. The molecule has 1 aliphatic rings. The standard InChI is InChI=1S/C21H23NO7/c1-22-11-10-12-6-8-14(25-2)18(16(12)20(22)23)29-17-13(21(24)28-5)7-9-15(26-3)19(17)27-4/h6-9H,10-11H2,1-5H3. The highest BCUT2D eigenvalue weighted by Crippen LogP contribution is 2.46. The van der Waals surface area contributed by atoms with Gasteiger partial charge in [-0.25, -0.2) is 4.79 Å². The monoisotopic (exact) mass is 401 g/mol. The number of methoxy groups -OCH3 is 4. The number of fused-ring (bicyclic) bond motifs is 1. The smallest absolute Gasteiger partial charge is 0.341 e. The molecule has 0 saturated heterocycles. The lowest BCUT2D eigenvalue weighted by Gasteiger charge is -2.27. The maximum atomic E-state index is 12.9. The number of benzene rings is 2. The first-order chi connectivity index (χ1) is 14.0. The van der Waals surface area contributed by atoms with E-state index in [1.807, 2.05) is 6.07 Å². The second-order valence-corrected chi connectivity index (χ2v) is 6.38. The molecule has 0 bridgehead atoms. The minimum atomic E-state index is -0.617. The van der Waals surface area contributed by atoms with Crippen LogP contribution in [0.4, 0.5) is 0 Å². The molecule has 0 aromatic heterocycles. The molecule has 2 aromatic rings. The second-order valence-electron chi connectivity index (χ2n) is 6.38. The number of nitrogens with zero attached hydrogens (tertiary/aromatic N) is 1. The fourth-order valence-corrected chi connectivity index (χ4v) is 3.26. The van der Waals surface area contributed by atoms with Crippen molar-refractivity contribution in [1.82, 2.24) is 4.90 Å². The first-order valence-electron chi connectivity index (χ1n) is 8.93. The minimum Gasteiger partial charge on any atom is -0.493 e. The third kappa shape index (κ3) is 3.53. The Morgan fingerprint density at radius 2 is 1.55 bits per heavy atom. The molecule has 0 unspecified atom stereocenters. The van der Waals surface area contributed by atoms with Crippen LogP contribution in [0.1, 0.15) is 26.3 Å². The van der Waals surface area contributed by atoms with Gasteiger partial charge in [0.1, 0.15) is 5.56 Å². The maximum absolute atomic E-state index is 12.9. The van der Waals surface area contributed by atoms with Gasteiger partial charge in [-0.05, 0) is 30.2 Å². The predicted octanol–water partition coefficient (Wildman–Crippen LogP) is 2.92. The van der Waals surface area contributed by atoms with Gasteiger partial charge in [-0.3, -0.25) is 4.79 Å². The topological polar surface area (TPSA) is 83.5 Å². The van der Waals surface area contributed by atoms with Crippen molar-refractivity contribution in [2.45, 2.75) is 6.42 Å².